The Morgan fingerprint density at radius 1 is 1.62 bits per heavy atom. The first kappa shape index (κ1) is 10.4. The van der Waals surface area contributed by atoms with Crippen LogP contribution in [-0.2, 0) is 6.54 Å². The molecule has 5 nitrogen and oxygen atoms in total. The van der Waals surface area contributed by atoms with Gasteiger partial charge in [-0.1, -0.05) is 5.16 Å². The highest BCUT2D eigenvalue weighted by molar-refractivity contribution is 5.85. The van der Waals surface area contributed by atoms with Crippen LogP contribution in [-0.4, -0.2) is 23.2 Å². The molecule has 2 rings (SSSR count). The monoisotopic (exact) mass is 204 g/mol. The zero-order valence-corrected chi connectivity index (χ0v) is 8.01. The summed E-state index contributed by atoms with van der Waals surface area (Å²) in [6.07, 6.45) is 1.08. The van der Waals surface area contributed by atoms with Crippen molar-refractivity contribution >= 4 is 12.4 Å². The molecule has 2 heterocycles. The van der Waals surface area contributed by atoms with Crippen LogP contribution >= 0.6 is 12.4 Å². The molecule has 1 aliphatic rings. The molecule has 0 aromatic carbocycles. The lowest BCUT2D eigenvalue weighted by molar-refractivity contribution is 0.355. The maximum Gasteiger partial charge on any atom is 0.231 e. The Labute approximate surface area is 82.5 Å². The van der Waals surface area contributed by atoms with Gasteiger partial charge in [-0.3, -0.25) is 0 Å². The predicted molar refractivity (Wildman–Crippen MR) is 49.7 cm³/mol. The lowest BCUT2D eigenvalue weighted by Crippen LogP contribution is -2.08. The molecule has 0 spiro atoms. The Morgan fingerprint density at radius 2 is 2.46 bits per heavy atom. The fourth-order valence-electron chi connectivity index (χ4n) is 1.38. The number of nitrogens with two attached hydrogens (primary N) is 1. The summed E-state index contributed by atoms with van der Waals surface area (Å²) in [5.74, 6) is 1.70. The van der Waals surface area contributed by atoms with E-state index in [0.29, 0.717) is 18.3 Å². The van der Waals surface area contributed by atoms with Gasteiger partial charge in [0.25, 0.3) is 0 Å². The van der Waals surface area contributed by atoms with Crippen LogP contribution in [0, 0.1) is 0 Å². The van der Waals surface area contributed by atoms with E-state index in [0.717, 1.165) is 25.4 Å². The van der Waals surface area contributed by atoms with Gasteiger partial charge in [-0.15, -0.1) is 12.4 Å². The van der Waals surface area contributed by atoms with Crippen LogP contribution in [0.5, 0.6) is 0 Å². The second-order valence-electron chi connectivity index (χ2n) is 2.94. The summed E-state index contributed by atoms with van der Waals surface area (Å²) in [6.45, 7) is 2.32. The quantitative estimate of drug-likeness (QED) is 0.711. The van der Waals surface area contributed by atoms with Gasteiger partial charge in [0.15, 0.2) is 5.82 Å². The average molecular weight is 205 g/mol. The zero-order valence-electron chi connectivity index (χ0n) is 7.19. The van der Waals surface area contributed by atoms with E-state index in [9.17, 15) is 0 Å². The highest BCUT2D eigenvalue weighted by atomic mass is 35.5. The molecule has 0 saturated carbocycles. The predicted octanol–water partition coefficient (Wildman–Crippen LogP) is 0.0270. The molecule has 0 radical (unpaired) electrons. The summed E-state index contributed by atoms with van der Waals surface area (Å²) in [6, 6.07) is 0. The Morgan fingerprint density at radius 3 is 3.00 bits per heavy atom. The molecule has 1 aromatic rings. The topological polar surface area (TPSA) is 77.0 Å². The molecule has 0 unspecified atom stereocenters. The summed E-state index contributed by atoms with van der Waals surface area (Å²) in [5.41, 5.74) is 5.36. The smallest absolute Gasteiger partial charge is 0.231 e. The van der Waals surface area contributed by atoms with Crippen LogP contribution in [0.3, 0.4) is 0 Å². The van der Waals surface area contributed by atoms with Crippen molar-refractivity contribution in [2.24, 2.45) is 5.73 Å². The van der Waals surface area contributed by atoms with Crippen molar-refractivity contribution in [2.45, 2.75) is 18.9 Å². The zero-order chi connectivity index (χ0) is 8.39. The van der Waals surface area contributed by atoms with Gasteiger partial charge in [-0.2, -0.15) is 4.98 Å². The van der Waals surface area contributed by atoms with Crippen LogP contribution < -0.4 is 11.1 Å². The van der Waals surface area contributed by atoms with Crippen LogP contribution in [0.4, 0.5) is 0 Å². The van der Waals surface area contributed by atoms with Crippen molar-refractivity contribution in [1.29, 1.82) is 0 Å². The molecule has 1 saturated heterocycles. The normalized spacial score (nSPS) is 21.5. The SMILES string of the molecule is Cl.NCc1noc([C@@H]2CCNC2)n1. The largest absolute Gasteiger partial charge is 0.339 e. The van der Waals surface area contributed by atoms with Gasteiger partial charge < -0.3 is 15.6 Å². The highest BCUT2D eigenvalue weighted by Crippen LogP contribution is 2.19. The molecule has 3 N–H and O–H groups in total. The van der Waals surface area contributed by atoms with Crippen LogP contribution in [0.15, 0.2) is 4.52 Å². The molecule has 6 heteroatoms. The molecular formula is C7H13ClN4O. The number of hydrogen-bond donors (Lipinski definition) is 2. The lowest BCUT2D eigenvalue weighted by Gasteiger charge is -1.98. The first-order chi connectivity index (χ1) is 5.90. The summed E-state index contributed by atoms with van der Waals surface area (Å²) in [7, 11) is 0. The van der Waals surface area contributed by atoms with E-state index in [1.807, 2.05) is 0 Å². The molecule has 0 bridgehead atoms. The van der Waals surface area contributed by atoms with Crippen LogP contribution in [0.2, 0.25) is 0 Å². The van der Waals surface area contributed by atoms with Crippen molar-refractivity contribution in [3.05, 3.63) is 11.7 Å². The molecule has 1 atom stereocenters. The van der Waals surface area contributed by atoms with Crippen molar-refractivity contribution < 1.29 is 4.52 Å². The molecule has 13 heavy (non-hydrogen) atoms. The number of nitrogens with zero attached hydrogens (tertiary/aromatic N) is 2. The van der Waals surface area contributed by atoms with E-state index < -0.39 is 0 Å². The minimum Gasteiger partial charge on any atom is -0.339 e. The number of aromatic nitrogens is 2. The van der Waals surface area contributed by atoms with Crippen molar-refractivity contribution in [3.8, 4) is 0 Å². The molecule has 1 aliphatic heterocycles. The van der Waals surface area contributed by atoms with Gasteiger partial charge in [-0.25, -0.2) is 0 Å². The summed E-state index contributed by atoms with van der Waals surface area (Å²) < 4.78 is 5.06. The summed E-state index contributed by atoms with van der Waals surface area (Å²) in [5, 5.41) is 6.98. The third kappa shape index (κ3) is 2.18. The first-order valence-electron chi connectivity index (χ1n) is 4.13. The Bertz CT molecular complexity index is 259. The van der Waals surface area contributed by atoms with Crippen molar-refractivity contribution in [1.82, 2.24) is 15.5 Å². The van der Waals surface area contributed by atoms with E-state index in [4.69, 9.17) is 10.3 Å². The lowest BCUT2D eigenvalue weighted by atomic mass is 10.1. The van der Waals surface area contributed by atoms with Gasteiger partial charge in [0.05, 0.1) is 12.5 Å². The molecule has 1 fully saturated rings. The molecule has 0 aliphatic carbocycles. The standard InChI is InChI=1S/C7H12N4O.ClH/c8-3-6-10-7(12-11-6)5-1-2-9-4-5;/h5,9H,1-4,8H2;1H/t5-;/m1./s1. The van der Waals surface area contributed by atoms with Gasteiger partial charge >= 0.3 is 0 Å². The third-order valence-corrected chi connectivity index (χ3v) is 2.08. The minimum absolute atomic E-state index is 0. The highest BCUT2D eigenvalue weighted by Gasteiger charge is 2.22. The first-order valence-corrected chi connectivity index (χ1v) is 4.13. The number of hydrogen-bond acceptors (Lipinski definition) is 5. The van der Waals surface area contributed by atoms with Gasteiger partial charge in [-0.05, 0) is 13.0 Å². The second-order valence-corrected chi connectivity index (χ2v) is 2.94. The van der Waals surface area contributed by atoms with E-state index in [1.54, 1.807) is 0 Å². The third-order valence-electron chi connectivity index (χ3n) is 2.08. The van der Waals surface area contributed by atoms with Crippen molar-refractivity contribution in [2.75, 3.05) is 13.1 Å². The maximum atomic E-state index is 5.36. The van der Waals surface area contributed by atoms with Gasteiger partial charge in [0.2, 0.25) is 5.89 Å². The number of rotatable bonds is 2. The van der Waals surface area contributed by atoms with Crippen molar-refractivity contribution in [3.63, 3.8) is 0 Å². The average Bonchev–Trinajstić information content (AvgIpc) is 2.75. The van der Waals surface area contributed by atoms with Crippen LogP contribution in [0.25, 0.3) is 0 Å². The van der Waals surface area contributed by atoms with E-state index in [2.05, 4.69) is 15.5 Å². The molecule has 0 amide bonds. The van der Waals surface area contributed by atoms with Gasteiger partial charge in [0, 0.05) is 6.54 Å². The fourth-order valence-corrected chi connectivity index (χ4v) is 1.38. The number of halogens is 1. The Balaban J connectivity index is 0.000000845. The van der Waals surface area contributed by atoms with E-state index in [-0.39, 0.29) is 12.4 Å². The molecule has 74 valence electrons. The Hall–Kier alpha value is -0.650. The summed E-state index contributed by atoms with van der Waals surface area (Å²) in [4.78, 5) is 4.17. The molecular weight excluding hydrogens is 192 g/mol. The minimum atomic E-state index is 0. The van der Waals surface area contributed by atoms with E-state index >= 15 is 0 Å². The number of nitrogens with one attached hydrogen (secondary N) is 1. The van der Waals surface area contributed by atoms with Crippen LogP contribution in [0.1, 0.15) is 24.1 Å². The fraction of sp³-hybridized carbons (Fsp3) is 0.714. The Kier molecular flexibility index (Phi) is 3.65. The van der Waals surface area contributed by atoms with E-state index in [1.165, 1.54) is 0 Å². The second kappa shape index (κ2) is 4.55. The maximum absolute atomic E-state index is 5.36. The molecule has 1 aromatic heterocycles. The van der Waals surface area contributed by atoms with Gasteiger partial charge in [0.1, 0.15) is 0 Å². The summed E-state index contributed by atoms with van der Waals surface area (Å²) >= 11 is 0.